The molecule has 0 unspecified atom stereocenters. The van der Waals surface area contributed by atoms with Crippen LogP contribution in [0.25, 0.3) is 11.4 Å². The molecule has 0 bridgehead atoms. The lowest BCUT2D eigenvalue weighted by atomic mass is 10.1. The maximum Gasteiger partial charge on any atom is 0.162 e. The lowest BCUT2D eigenvalue weighted by Crippen LogP contribution is -2.07. The molecular weight excluding hydrogens is 367 g/mol. The lowest BCUT2D eigenvalue weighted by molar-refractivity contribution is 0.181. The molecule has 6 heteroatoms. The number of anilines is 1. The zero-order valence-electron chi connectivity index (χ0n) is 11.8. The van der Waals surface area contributed by atoms with E-state index in [1.165, 1.54) is 0 Å². The number of pyridine rings is 1. The van der Waals surface area contributed by atoms with E-state index in [2.05, 4.69) is 49.8 Å². The summed E-state index contributed by atoms with van der Waals surface area (Å²) in [6, 6.07) is 1.96. The van der Waals surface area contributed by atoms with Crippen molar-refractivity contribution in [2.45, 2.75) is 20.0 Å². The summed E-state index contributed by atoms with van der Waals surface area (Å²) >= 11 is 2.24. The maximum absolute atomic E-state index is 5.22. The molecule has 2 heterocycles. The number of nitrogens with one attached hydrogen (secondary N) is 1. The Labute approximate surface area is 132 Å². The van der Waals surface area contributed by atoms with Gasteiger partial charge in [0.25, 0.3) is 0 Å². The highest BCUT2D eigenvalue weighted by Gasteiger charge is 2.14. The monoisotopic (exact) mass is 384 g/mol. The number of hydrogen-bond acceptors (Lipinski definition) is 5. The van der Waals surface area contributed by atoms with Gasteiger partial charge in [-0.3, -0.25) is 4.98 Å². The Kier molecular flexibility index (Phi) is 5.24. The fourth-order valence-electron chi connectivity index (χ4n) is 1.94. The third kappa shape index (κ3) is 3.06. The first-order valence-corrected chi connectivity index (χ1v) is 7.45. The fraction of sp³-hybridized carbons (Fsp3) is 0.357. The zero-order valence-corrected chi connectivity index (χ0v) is 13.9. The Morgan fingerprint density at radius 2 is 2.15 bits per heavy atom. The molecular formula is C14H17IN4O. The summed E-state index contributed by atoms with van der Waals surface area (Å²) in [7, 11) is 3.53. The van der Waals surface area contributed by atoms with Gasteiger partial charge in [0.1, 0.15) is 5.82 Å². The summed E-state index contributed by atoms with van der Waals surface area (Å²) in [6.45, 7) is 2.57. The number of aromatic nitrogens is 3. The summed E-state index contributed by atoms with van der Waals surface area (Å²) < 4.78 is 6.21. The highest BCUT2D eigenvalue weighted by atomic mass is 127. The first kappa shape index (κ1) is 15.1. The van der Waals surface area contributed by atoms with Crippen LogP contribution in [0.5, 0.6) is 0 Å². The van der Waals surface area contributed by atoms with Gasteiger partial charge in [-0.05, 0) is 40.6 Å². The van der Waals surface area contributed by atoms with Crippen molar-refractivity contribution in [3.63, 3.8) is 0 Å². The van der Waals surface area contributed by atoms with E-state index in [4.69, 9.17) is 4.74 Å². The van der Waals surface area contributed by atoms with Gasteiger partial charge < -0.3 is 10.1 Å². The number of aryl methyl sites for hydroxylation is 1. The van der Waals surface area contributed by atoms with Crippen molar-refractivity contribution < 1.29 is 4.74 Å². The standard InChI is InChI=1S/C14H17IN4O/c1-4-9-7-17-6-5-10(9)13-18-11(8-20-3)12(15)14(16-2)19-13/h5-7H,4,8H2,1-3H3,(H,16,18,19). The van der Waals surface area contributed by atoms with Gasteiger partial charge in [0.2, 0.25) is 0 Å². The zero-order chi connectivity index (χ0) is 14.5. The van der Waals surface area contributed by atoms with Crippen LogP contribution in [0.15, 0.2) is 18.5 Å². The Balaban J connectivity index is 2.59. The van der Waals surface area contributed by atoms with Crippen molar-refractivity contribution in [1.29, 1.82) is 0 Å². The molecule has 0 atom stereocenters. The van der Waals surface area contributed by atoms with E-state index < -0.39 is 0 Å². The average molecular weight is 384 g/mol. The molecule has 0 fully saturated rings. The second kappa shape index (κ2) is 6.94. The van der Waals surface area contributed by atoms with E-state index in [0.29, 0.717) is 12.4 Å². The van der Waals surface area contributed by atoms with Crippen molar-refractivity contribution in [3.8, 4) is 11.4 Å². The van der Waals surface area contributed by atoms with Crippen LogP contribution in [-0.4, -0.2) is 29.1 Å². The van der Waals surface area contributed by atoms with Crippen LogP contribution in [0.2, 0.25) is 0 Å². The van der Waals surface area contributed by atoms with Crippen LogP contribution < -0.4 is 5.32 Å². The third-order valence-corrected chi connectivity index (χ3v) is 4.10. The van der Waals surface area contributed by atoms with Crippen LogP contribution in [0.1, 0.15) is 18.2 Å². The van der Waals surface area contributed by atoms with Crippen LogP contribution in [0, 0.1) is 3.57 Å². The van der Waals surface area contributed by atoms with Gasteiger partial charge in [-0.1, -0.05) is 6.92 Å². The molecule has 2 aromatic heterocycles. The second-order valence-electron chi connectivity index (χ2n) is 4.23. The van der Waals surface area contributed by atoms with E-state index >= 15 is 0 Å². The van der Waals surface area contributed by atoms with E-state index in [9.17, 15) is 0 Å². The number of ether oxygens (including phenoxy) is 1. The number of halogens is 1. The van der Waals surface area contributed by atoms with Crippen LogP contribution >= 0.6 is 22.6 Å². The largest absolute Gasteiger partial charge is 0.378 e. The lowest BCUT2D eigenvalue weighted by Gasteiger charge is -2.12. The van der Waals surface area contributed by atoms with Crippen LogP contribution in [-0.2, 0) is 17.8 Å². The summed E-state index contributed by atoms with van der Waals surface area (Å²) in [4.78, 5) is 13.4. The molecule has 1 N–H and O–H groups in total. The van der Waals surface area contributed by atoms with Gasteiger partial charge in [0, 0.05) is 32.1 Å². The van der Waals surface area contributed by atoms with Crippen molar-refractivity contribution in [2.24, 2.45) is 0 Å². The number of methoxy groups -OCH3 is 1. The van der Waals surface area contributed by atoms with Crippen LogP contribution in [0.4, 0.5) is 5.82 Å². The molecule has 0 saturated carbocycles. The number of nitrogens with zero attached hydrogens (tertiary/aromatic N) is 3. The summed E-state index contributed by atoms with van der Waals surface area (Å²) in [5, 5.41) is 3.11. The molecule has 106 valence electrons. The molecule has 0 aliphatic heterocycles. The number of hydrogen-bond donors (Lipinski definition) is 1. The van der Waals surface area contributed by atoms with E-state index in [0.717, 1.165) is 32.6 Å². The van der Waals surface area contributed by atoms with Crippen LogP contribution in [0.3, 0.4) is 0 Å². The molecule has 0 aliphatic carbocycles. The molecule has 20 heavy (non-hydrogen) atoms. The molecule has 0 aromatic carbocycles. The highest BCUT2D eigenvalue weighted by Crippen LogP contribution is 2.26. The first-order valence-electron chi connectivity index (χ1n) is 6.37. The Hall–Kier alpha value is -1.28. The molecule has 0 amide bonds. The summed E-state index contributed by atoms with van der Waals surface area (Å²) in [5.74, 6) is 1.53. The molecule has 0 aliphatic rings. The molecule has 0 saturated heterocycles. The Bertz CT molecular complexity index is 604. The highest BCUT2D eigenvalue weighted by molar-refractivity contribution is 14.1. The van der Waals surface area contributed by atoms with Gasteiger partial charge in [-0.25, -0.2) is 9.97 Å². The smallest absolute Gasteiger partial charge is 0.162 e. The Morgan fingerprint density at radius 3 is 2.80 bits per heavy atom. The van der Waals surface area contributed by atoms with Crippen molar-refractivity contribution in [1.82, 2.24) is 15.0 Å². The minimum atomic E-state index is 0.467. The van der Waals surface area contributed by atoms with E-state index in [1.54, 1.807) is 13.3 Å². The first-order chi connectivity index (χ1) is 9.71. The predicted octanol–water partition coefficient (Wildman–Crippen LogP) is 2.89. The molecule has 0 spiro atoms. The fourth-order valence-corrected chi connectivity index (χ4v) is 2.61. The van der Waals surface area contributed by atoms with Gasteiger partial charge in [-0.15, -0.1) is 0 Å². The van der Waals surface area contributed by atoms with Gasteiger partial charge in [-0.2, -0.15) is 0 Å². The molecule has 2 aromatic rings. The minimum absolute atomic E-state index is 0.467. The van der Waals surface area contributed by atoms with E-state index in [-0.39, 0.29) is 0 Å². The summed E-state index contributed by atoms with van der Waals surface area (Å²) in [6.07, 6.45) is 4.53. The van der Waals surface area contributed by atoms with Crippen molar-refractivity contribution in [3.05, 3.63) is 33.3 Å². The van der Waals surface area contributed by atoms with Gasteiger partial charge >= 0.3 is 0 Å². The van der Waals surface area contributed by atoms with E-state index in [1.807, 2.05) is 19.3 Å². The molecule has 5 nitrogen and oxygen atoms in total. The normalized spacial score (nSPS) is 10.6. The second-order valence-corrected chi connectivity index (χ2v) is 5.30. The topological polar surface area (TPSA) is 59.9 Å². The SMILES string of the molecule is CCc1cnccc1-c1nc(COC)c(I)c(NC)n1. The quantitative estimate of drug-likeness (QED) is 0.804. The maximum atomic E-state index is 5.22. The van der Waals surface area contributed by atoms with Gasteiger partial charge in [0.05, 0.1) is 15.9 Å². The number of rotatable bonds is 5. The third-order valence-electron chi connectivity index (χ3n) is 2.96. The minimum Gasteiger partial charge on any atom is -0.378 e. The summed E-state index contributed by atoms with van der Waals surface area (Å²) in [5.41, 5.74) is 3.05. The van der Waals surface area contributed by atoms with Crippen molar-refractivity contribution in [2.75, 3.05) is 19.5 Å². The molecule has 2 rings (SSSR count). The van der Waals surface area contributed by atoms with Gasteiger partial charge in [0.15, 0.2) is 5.82 Å². The molecule has 0 radical (unpaired) electrons. The Morgan fingerprint density at radius 1 is 1.35 bits per heavy atom. The average Bonchev–Trinajstić information content (AvgIpc) is 2.49. The van der Waals surface area contributed by atoms with Crippen molar-refractivity contribution >= 4 is 28.4 Å². The predicted molar refractivity (Wildman–Crippen MR) is 87.6 cm³/mol.